The number of aromatic nitrogens is 2. The lowest BCUT2D eigenvalue weighted by Gasteiger charge is -2.28. The van der Waals surface area contributed by atoms with E-state index in [2.05, 4.69) is 19.2 Å². The Bertz CT molecular complexity index is 866. The zero-order valence-electron chi connectivity index (χ0n) is 15.8. The molecule has 2 aromatic rings. The van der Waals surface area contributed by atoms with Crippen molar-refractivity contribution in [2.45, 2.75) is 65.1 Å². The Morgan fingerprint density at radius 2 is 1.92 bits per heavy atom. The van der Waals surface area contributed by atoms with Crippen molar-refractivity contribution < 1.29 is 4.79 Å². The summed E-state index contributed by atoms with van der Waals surface area (Å²) in [6, 6.07) is 7.94. The summed E-state index contributed by atoms with van der Waals surface area (Å²) in [4.78, 5) is 25.5. The highest BCUT2D eigenvalue weighted by molar-refractivity contribution is 5.81. The van der Waals surface area contributed by atoms with Crippen molar-refractivity contribution in [3.8, 4) is 0 Å². The number of carbonyl (C=O) groups is 1. The molecule has 1 amide bonds. The number of hydrogen-bond acceptors (Lipinski definition) is 2. The van der Waals surface area contributed by atoms with Gasteiger partial charge in [0.2, 0.25) is 5.91 Å². The van der Waals surface area contributed by atoms with Gasteiger partial charge in [0, 0.05) is 12.6 Å². The molecule has 4 unspecified atom stereocenters. The molecule has 2 bridgehead atoms. The number of carbonyl (C=O) groups excluding carboxylic acids is 1. The second-order valence-electron chi connectivity index (χ2n) is 8.20. The molecule has 1 aromatic carbocycles. The zero-order valence-corrected chi connectivity index (χ0v) is 15.8. The number of benzene rings is 1. The van der Waals surface area contributed by atoms with Crippen molar-refractivity contribution in [2.75, 3.05) is 0 Å². The Balaban J connectivity index is 1.51. The van der Waals surface area contributed by atoms with Crippen molar-refractivity contribution in [3.05, 3.63) is 34.7 Å². The molecule has 0 radical (unpaired) electrons. The maximum absolute atomic E-state index is 12.8. The Labute approximate surface area is 154 Å². The molecular formula is C21H29N3O2. The minimum atomic E-state index is -0.0872. The number of amides is 1. The molecule has 2 saturated carbocycles. The van der Waals surface area contributed by atoms with Crippen LogP contribution in [0.1, 0.15) is 46.0 Å². The fourth-order valence-electron chi connectivity index (χ4n) is 5.32. The molecule has 0 saturated heterocycles. The number of nitrogens with one attached hydrogen (secondary N) is 1. The molecule has 5 nitrogen and oxygen atoms in total. The third kappa shape index (κ3) is 2.97. The number of para-hydroxylation sites is 2. The number of hydrogen-bond donors (Lipinski definition) is 1. The molecule has 0 aliphatic heterocycles. The largest absolute Gasteiger partial charge is 0.352 e. The molecule has 4 atom stereocenters. The van der Waals surface area contributed by atoms with E-state index in [4.69, 9.17) is 0 Å². The lowest BCUT2D eigenvalue weighted by Crippen LogP contribution is -2.42. The molecule has 1 aromatic heterocycles. The van der Waals surface area contributed by atoms with Gasteiger partial charge < -0.3 is 5.32 Å². The first kappa shape index (κ1) is 17.4. The molecule has 1 heterocycles. The fourth-order valence-corrected chi connectivity index (χ4v) is 5.32. The average Bonchev–Trinajstić information content (AvgIpc) is 3.32. The van der Waals surface area contributed by atoms with E-state index >= 15 is 0 Å². The first-order valence-electron chi connectivity index (χ1n) is 10.1. The van der Waals surface area contributed by atoms with Crippen molar-refractivity contribution in [3.63, 3.8) is 0 Å². The molecule has 2 fully saturated rings. The summed E-state index contributed by atoms with van der Waals surface area (Å²) in [6.07, 6.45) is 6.17. The van der Waals surface area contributed by atoms with Gasteiger partial charge in [-0.15, -0.1) is 0 Å². The Kier molecular flexibility index (Phi) is 4.63. The summed E-state index contributed by atoms with van der Waals surface area (Å²) in [5, 5.41) is 3.18. The summed E-state index contributed by atoms with van der Waals surface area (Å²) in [7, 11) is 0. The third-order valence-electron chi connectivity index (χ3n) is 6.50. The predicted octanol–water partition coefficient (Wildman–Crippen LogP) is 3.15. The van der Waals surface area contributed by atoms with E-state index < -0.39 is 0 Å². The Morgan fingerprint density at radius 3 is 2.54 bits per heavy atom. The van der Waals surface area contributed by atoms with Crippen LogP contribution in [0.25, 0.3) is 11.0 Å². The van der Waals surface area contributed by atoms with Crippen LogP contribution in [0.3, 0.4) is 0 Å². The lowest BCUT2D eigenvalue weighted by atomic mass is 9.84. The van der Waals surface area contributed by atoms with E-state index in [1.54, 1.807) is 9.13 Å². The molecule has 26 heavy (non-hydrogen) atoms. The first-order chi connectivity index (χ1) is 12.6. The molecule has 4 rings (SSSR count). The molecule has 2 aliphatic rings. The van der Waals surface area contributed by atoms with Crippen molar-refractivity contribution in [1.29, 1.82) is 0 Å². The van der Waals surface area contributed by atoms with Gasteiger partial charge in [0.25, 0.3) is 0 Å². The average molecular weight is 355 g/mol. The molecule has 5 heteroatoms. The maximum Gasteiger partial charge on any atom is 0.329 e. The molecule has 1 N–H and O–H groups in total. The van der Waals surface area contributed by atoms with E-state index in [0.29, 0.717) is 12.5 Å². The van der Waals surface area contributed by atoms with Crippen molar-refractivity contribution in [2.24, 2.45) is 17.8 Å². The highest BCUT2D eigenvalue weighted by Gasteiger charge is 2.42. The molecule has 2 aliphatic carbocycles. The third-order valence-corrected chi connectivity index (χ3v) is 6.50. The van der Waals surface area contributed by atoms with Gasteiger partial charge in [0.15, 0.2) is 0 Å². The Morgan fingerprint density at radius 1 is 1.19 bits per heavy atom. The van der Waals surface area contributed by atoms with Crippen LogP contribution in [0.2, 0.25) is 0 Å². The number of nitrogens with zero attached hydrogens (tertiary/aromatic N) is 2. The smallest absolute Gasteiger partial charge is 0.329 e. The second kappa shape index (κ2) is 6.93. The van der Waals surface area contributed by atoms with Crippen LogP contribution in [-0.2, 0) is 17.9 Å². The predicted molar refractivity (Wildman–Crippen MR) is 103 cm³/mol. The topological polar surface area (TPSA) is 56.0 Å². The van der Waals surface area contributed by atoms with Gasteiger partial charge in [-0.2, -0.15) is 0 Å². The highest BCUT2D eigenvalue weighted by Crippen LogP contribution is 2.49. The van der Waals surface area contributed by atoms with E-state index in [9.17, 15) is 9.59 Å². The maximum atomic E-state index is 12.8. The van der Waals surface area contributed by atoms with Crippen LogP contribution in [-0.4, -0.2) is 21.1 Å². The summed E-state index contributed by atoms with van der Waals surface area (Å²) in [5.74, 6) is 2.21. The summed E-state index contributed by atoms with van der Waals surface area (Å²) in [6.45, 7) is 4.96. The quantitative estimate of drug-likeness (QED) is 0.865. The number of aryl methyl sites for hydroxylation is 1. The zero-order chi connectivity index (χ0) is 18.3. The minimum absolute atomic E-state index is 0.0539. The van der Waals surface area contributed by atoms with Crippen molar-refractivity contribution >= 4 is 16.9 Å². The summed E-state index contributed by atoms with van der Waals surface area (Å²) in [5.41, 5.74) is 1.66. The first-order valence-corrected chi connectivity index (χ1v) is 10.1. The summed E-state index contributed by atoms with van der Waals surface area (Å²) >= 11 is 0. The van der Waals surface area contributed by atoms with Crippen LogP contribution in [0.5, 0.6) is 0 Å². The van der Waals surface area contributed by atoms with Gasteiger partial charge in [-0.05, 0) is 62.5 Å². The van der Waals surface area contributed by atoms with Gasteiger partial charge in [-0.25, -0.2) is 4.79 Å². The molecular weight excluding hydrogens is 326 g/mol. The Hall–Kier alpha value is -2.04. The SMILES string of the molecule is CCCn1c(=O)n(CC(=O)NC(C)C2CC3CCC2C3)c2ccccc21. The van der Waals surface area contributed by atoms with Crippen molar-refractivity contribution in [1.82, 2.24) is 14.5 Å². The van der Waals surface area contributed by atoms with E-state index in [-0.39, 0.29) is 24.2 Å². The number of rotatable bonds is 6. The number of imidazole rings is 1. The van der Waals surface area contributed by atoms with Crippen LogP contribution in [0, 0.1) is 17.8 Å². The second-order valence-corrected chi connectivity index (χ2v) is 8.20. The van der Waals surface area contributed by atoms with Gasteiger partial charge in [-0.1, -0.05) is 25.5 Å². The van der Waals surface area contributed by atoms with Crippen LogP contribution < -0.4 is 11.0 Å². The van der Waals surface area contributed by atoms with Crippen LogP contribution in [0.15, 0.2) is 29.1 Å². The standard InChI is InChI=1S/C21H29N3O2/c1-3-10-23-18-6-4-5-7-19(18)24(21(23)26)13-20(25)22-14(2)17-12-15-8-9-16(17)11-15/h4-7,14-17H,3,8-13H2,1-2H3,(H,22,25). The normalized spacial score (nSPS) is 25.7. The van der Waals surface area contributed by atoms with E-state index in [1.807, 2.05) is 24.3 Å². The van der Waals surface area contributed by atoms with Gasteiger partial charge >= 0.3 is 5.69 Å². The highest BCUT2D eigenvalue weighted by atomic mass is 16.2. The monoisotopic (exact) mass is 355 g/mol. The fraction of sp³-hybridized carbons (Fsp3) is 0.619. The lowest BCUT2D eigenvalue weighted by molar-refractivity contribution is -0.122. The van der Waals surface area contributed by atoms with Gasteiger partial charge in [-0.3, -0.25) is 13.9 Å². The van der Waals surface area contributed by atoms with Crippen LogP contribution in [0.4, 0.5) is 0 Å². The van der Waals surface area contributed by atoms with E-state index in [1.165, 1.54) is 25.7 Å². The number of fused-ring (bicyclic) bond motifs is 3. The minimum Gasteiger partial charge on any atom is -0.352 e. The molecule has 140 valence electrons. The molecule has 0 spiro atoms. The van der Waals surface area contributed by atoms with Crippen LogP contribution >= 0.6 is 0 Å². The van der Waals surface area contributed by atoms with E-state index in [0.717, 1.165) is 29.3 Å². The van der Waals surface area contributed by atoms with Gasteiger partial charge in [0.1, 0.15) is 6.54 Å². The summed E-state index contributed by atoms with van der Waals surface area (Å²) < 4.78 is 3.40. The van der Waals surface area contributed by atoms with Gasteiger partial charge in [0.05, 0.1) is 11.0 Å².